The average Bonchev–Trinajstić information content (AvgIpc) is 3.02. The van der Waals surface area contributed by atoms with E-state index in [1.165, 1.54) is 17.9 Å². The van der Waals surface area contributed by atoms with Crippen molar-refractivity contribution in [3.05, 3.63) is 28.4 Å². The lowest BCUT2D eigenvalue weighted by molar-refractivity contribution is -0.115. The second-order valence-corrected chi connectivity index (χ2v) is 6.68. The largest absolute Gasteiger partial charge is 0.464 e. The lowest BCUT2D eigenvalue weighted by Gasteiger charge is -2.49. The Labute approximate surface area is 134 Å². The first-order chi connectivity index (χ1) is 11.0. The number of aromatic nitrogens is 2. The molecule has 2 N–H and O–H groups in total. The van der Waals surface area contributed by atoms with Gasteiger partial charge in [-0.3, -0.25) is 4.79 Å². The molecule has 1 saturated carbocycles. The van der Waals surface area contributed by atoms with Crippen LogP contribution in [0.25, 0.3) is 0 Å². The zero-order valence-corrected chi connectivity index (χ0v) is 13.4. The predicted octanol–water partition coefficient (Wildman–Crippen LogP) is 0.315. The molecule has 3 rings (SSSR count). The standard InChI is InChI=1S/C16H23N3O4/c1-23-14(21)12-9-19(13(20)8-18-12)11-16(22)6-7-17-10-15(16)4-2-3-5-15/h8-9,17,22H,2-7,10-11H2,1H3. The Hall–Kier alpha value is -1.73. The van der Waals surface area contributed by atoms with Crippen LogP contribution in [0.1, 0.15) is 42.6 Å². The van der Waals surface area contributed by atoms with Crippen molar-refractivity contribution in [2.24, 2.45) is 5.41 Å². The zero-order chi connectivity index (χ0) is 16.5. The molecule has 7 nitrogen and oxygen atoms in total. The minimum absolute atomic E-state index is 0.0742. The molecule has 2 fully saturated rings. The summed E-state index contributed by atoms with van der Waals surface area (Å²) in [6.45, 7) is 1.68. The first-order valence-electron chi connectivity index (χ1n) is 8.08. The van der Waals surface area contributed by atoms with Gasteiger partial charge in [0.2, 0.25) is 0 Å². The van der Waals surface area contributed by atoms with Gasteiger partial charge >= 0.3 is 5.97 Å². The van der Waals surface area contributed by atoms with E-state index in [9.17, 15) is 14.7 Å². The lowest BCUT2D eigenvalue weighted by Crippen LogP contribution is -2.60. The highest BCUT2D eigenvalue weighted by molar-refractivity contribution is 5.86. The van der Waals surface area contributed by atoms with Gasteiger partial charge in [-0.15, -0.1) is 0 Å². The number of ether oxygens (including phenoxy) is 1. The third-order valence-corrected chi connectivity index (χ3v) is 5.43. The van der Waals surface area contributed by atoms with Crippen LogP contribution in [0.4, 0.5) is 0 Å². The number of nitrogens with one attached hydrogen (secondary N) is 1. The maximum absolute atomic E-state index is 12.1. The van der Waals surface area contributed by atoms with Gasteiger partial charge in [0.05, 0.1) is 25.5 Å². The first kappa shape index (κ1) is 16.1. The molecule has 1 aromatic heterocycles. The number of esters is 1. The van der Waals surface area contributed by atoms with Gasteiger partial charge in [-0.1, -0.05) is 12.8 Å². The van der Waals surface area contributed by atoms with Gasteiger partial charge in [0.1, 0.15) is 0 Å². The molecule has 1 aliphatic heterocycles. The van der Waals surface area contributed by atoms with Crippen LogP contribution in [-0.2, 0) is 11.3 Å². The molecule has 0 radical (unpaired) electrons. The smallest absolute Gasteiger partial charge is 0.358 e. The summed E-state index contributed by atoms with van der Waals surface area (Å²) in [6.07, 6.45) is 7.20. The summed E-state index contributed by atoms with van der Waals surface area (Å²) in [4.78, 5) is 27.6. The molecule has 0 bridgehead atoms. The zero-order valence-electron chi connectivity index (χ0n) is 13.4. The van der Waals surface area contributed by atoms with Crippen molar-refractivity contribution in [2.75, 3.05) is 20.2 Å². The van der Waals surface area contributed by atoms with Crippen molar-refractivity contribution in [2.45, 2.75) is 44.2 Å². The Kier molecular flexibility index (Phi) is 4.25. The summed E-state index contributed by atoms with van der Waals surface area (Å²) >= 11 is 0. The number of methoxy groups -OCH3 is 1. The summed E-state index contributed by atoms with van der Waals surface area (Å²) in [7, 11) is 1.27. The van der Waals surface area contributed by atoms with Crippen LogP contribution < -0.4 is 10.9 Å². The lowest BCUT2D eigenvalue weighted by atomic mass is 9.66. The number of carbonyl (C=O) groups excluding carboxylic acids is 1. The molecule has 1 aromatic rings. The summed E-state index contributed by atoms with van der Waals surface area (Å²) in [6, 6.07) is 0. The molecule has 1 atom stereocenters. The summed E-state index contributed by atoms with van der Waals surface area (Å²) in [5, 5.41) is 14.7. The van der Waals surface area contributed by atoms with Crippen molar-refractivity contribution in [1.82, 2.24) is 14.9 Å². The van der Waals surface area contributed by atoms with Gasteiger partial charge in [0, 0.05) is 18.2 Å². The monoisotopic (exact) mass is 321 g/mol. The number of hydrogen-bond acceptors (Lipinski definition) is 6. The van der Waals surface area contributed by atoms with Crippen LogP contribution in [0, 0.1) is 5.41 Å². The first-order valence-corrected chi connectivity index (χ1v) is 8.08. The highest BCUT2D eigenvalue weighted by Gasteiger charge is 2.53. The van der Waals surface area contributed by atoms with Gasteiger partial charge in [0.15, 0.2) is 5.69 Å². The van der Waals surface area contributed by atoms with Crippen LogP contribution in [0.3, 0.4) is 0 Å². The van der Waals surface area contributed by atoms with Crippen LogP contribution in [-0.4, -0.2) is 46.4 Å². The number of rotatable bonds is 3. The molecular weight excluding hydrogens is 298 g/mol. The van der Waals surface area contributed by atoms with E-state index in [2.05, 4.69) is 15.0 Å². The van der Waals surface area contributed by atoms with Crippen molar-refractivity contribution in [1.29, 1.82) is 0 Å². The maximum atomic E-state index is 12.1. The third kappa shape index (κ3) is 2.79. The summed E-state index contributed by atoms with van der Waals surface area (Å²) in [5.74, 6) is -0.591. The molecular formula is C16H23N3O4. The van der Waals surface area contributed by atoms with Gasteiger partial charge in [-0.05, 0) is 25.8 Å². The van der Waals surface area contributed by atoms with Gasteiger partial charge in [-0.2, -0.15) is 0 Å². The molecule has 0 amide bonds. The minimum atomic E-state index is -0.951. The third-order valence-electron chi connectivity index (χ3n) is 5.43. The highest BCUT2D eigenvalue weighted by atomic mass is 16.5. The van der Waals surface area contributed by atoms with E-state index in [1.54, 1.807) is 0 Å². The van der Waals surface area contributed by atoms with E-state index in [1.807, 2.05) is 0 Å². The SMILES string of the molecule is COC(=O)c1cn(CC2(O)CCNCC23CCCC3)c(=O)cn1. The number of aliphatic hydroxyl groups is 1. The molecule has 0 aromatic carbocycles. The fourth-order valence-electron chi connectivity index (χ4n) is 4.05. The Morgan fingerprint density at radius 2 is 2.17 bits per heavy atom. The molecule has 23 heavy (non-hydrogen) atoms. The molecule has 1 unspecified atom stereocenters. The predicted molar refractivity (Wildman–Crippen MR) is 83.2 cm³/mol. The molecule has 1 aliphatic carbocycles. The van der Waals surface area contributed by atoms with Crippen molar-refractivity contribution in [3.8, 4) is 0 Å². The second kappa shape index (κ2) is 6.05. The molecule has 2 heterocycles. The van der Waals surface area contributed by atoms with E-state index in [4.69, 9.17) is 0 Å². The minimum Gasteiger partial charge on any atom is -0.464 e. The van der Waals surface area contributed by atoms with Crippen LogP contribution in [0.15, 0.2) is 17.2 Å². The number of hydrogen-bond donors (Lipinski definition) is 2. The Morgan fingerprint density at radius 3 is 2.87 bits per heavy atom. The van der Waals surface area contributed by atoms with Gasteiger partial charge in [0.25, 0.3) is 5.56 Å². The average molecular weight is 321 g/mol. The van der Waals surface area contributed by atoms with Crippen LogP contribution in [0.2, 0.25) is 0 Å². The fourth-order valence-corrected chi connectivity index (χ4v) is 4.05. The van der Waals surface area contributed by atoms with Crippen LogP contribution in [0.5, 0.6) is 0 Å². The second-order valence-electron chi connectivity index (χ2n) is 6.68. The Morgan fingerprint density at radius 1 is 1.43 bits per heavy atom. The van der Waals surface area contributed by atoms with Crippen molar-refractivity contribution in [3.63, 3.8) is 0 Å². The van der Waals surface area contributed by atoms with Gasteiger partial charge in [-0.25, -0.2) is 9.78 Å². The quantitative estimate of drug-likeness (QED) is 0.779. The van der Waals surface area contributed by atoms with E-state index in [-0.39, 0.29) is 23.2 Å². The number of nitrogens with zero attached hydrogens (tertiary/aromatic N) is 2. The van der Waals surface area contributed by atoms with Crippen molar-refractivity contribution < 1.29 is 14.6 Å². The highest BCUT2D eigenvalue weighted by Crippen LogP contribution is 2.49. The molecule has 1 saturated heterocycles. The van der Waals surface area contributed by atoms with Crippen LogP contribution >= 0.6 is 0 Å². The molecule has 7 heteroatoms. The summed E-state index contributed by atoms with van der Waals surface area (Å²) < 4.78 is 6.04. The summed E-state index contributed by atoms with van der Waals surface area (Å²) in [5.41, 5.74) is -1.39. The fraction of sp³-hybridized carbons (Fsp3) is 0.688. The molecule has 2 aliphatic rings. The van der Waals surface area contributed by atoms with Gasteiger partial charge < -0.3 is 19.7 Å². The van der Waals surface area contributed by atoms with E-state index in [0.717, 1.165) is 45.0 Å². The van der Waals surface area contributed by atoms with E-state index >= 15 is 0 Å². The van der Waals surface area contributed by atoms with E-state index in [0.29, 0.717) is 6.42 Å². The Bertz CT molecular complexity index is 651. The van der Waals surface area contributed by atoms with Crippen molar-refractivity contribution >= 4 is 5.97 Å². The topological polar surface area (TPSA) is 93.5 Å². The molecule has 126 valence electrons. The normalized spacial score (nSPS) is 26.3. The number of piperidine rings is 1. The maximum Gasteiger partial charge on any atom is 0.358 e. The Balaban J connectivity index is 1.93. The van der Waals surface area contributed by atoms with E-state index < -0.39 is 11.6 Å². The number of carbonyl (C=O) groups is 1. The molecule has 1 spiro atoms.